The molecule has 1 aromatic rings. The minimum absolute atomic E-state index is 0.351. The monoisotopic (exact) mass is 206 g/mol. The van der Waals surface area contributed by atoms with Crippen LogP contribution >= 0.6 is 0 Å². The summed E-state index contributed by atoms with van der Waals surface area (Å²) < 4.78 is 10.7. The van der Waals surface area contributed by atoms with E-state index in [0.717, 1.165) is 18.6 Å². The van der Waals surface area contributed by atoms with E-state index in [9.17, 15) is 0 Å². The van der Waals surface area contributed by atoms with Crippen molar-refractivity contribution in [2.75, 3.05) is 14.2 Å². The Hall–Kier alpha value is -1.02. The molecule has 2 atom stereocenters. The van der Waals surface area contributed by atoms with E-state index in [1.54, 1.807) is 14.2 Å². The standard InChI is InChI=1S/C13H18O2/c1-9-12-8-11(14-2)6-4-10(12)5-7-13(9)15-3/h4,6,8-9,13H,5,7H2,1-3H3/t9-,13+/m1/s1. The third kappa shape index (κ3) is 1.86. The molecule has 0 aromatic heterocycles. The molecule has 0 aliphatic heterocycles. The normalized spacial score (nSPS) is 24.7. The SMILES string of the molecule is COc1ccc2c(c1)[C@@H](C)[C@@H](OC)CC2. The Balaban J connectivity index is 2.35. The Morgan fingerprint density at radius 1 is 1.27 bits per heavy atom. The second-order valence-corrected chi connectivity index (χ2v) is 4.17. The molecule has 0 amide bonds. The van der Waals surface area contributed by atoms with Crippen LogP contribution in [0.4, 0.5) is 0 Å². The number of fused-ring (bicyclic) bond motifs is 1. The first-order valence-corrected chi connectivity index (χ1v) is 5.46. The summed E-state index contributed by atoms with van der Waals surface area (Å²) in [5.41, 5.74) is 2.82. The van der Waals surface area contributed by atoms with Gasteiger partial charge >= 0.3 is 0 Å². The molecule has 0 fully saturated rings. The third-order valence-electron chi connectivity index (χ3n) is 3.40. The van der Waals surface area contributed by atoms with Gasteiger partial charge in [0.2, 0.25) is 0 Å². The molecule has 0 unspecified atom stereocenters. The fraction of sp³-hybridized carbons (Fsp3) is 0.538. The Bertz CT molecular complexity index is 346. The Morgan fingerprint density at radius 3 is 2.73 bits per heavy atom. The summed E-state index contributed by atoms with van der Waals surface area (Å²) in [6.45, 7) is 2.23. The van der Waals surface area contributed by atoms with Gasteiger partial charge in [-0.2, -0.15) is 0 Å². The fourth-order valence-electron chi connectivity index (χ4n) is 2.42. The zero-order valence-electron chi connectivity index (χ0n) is 9.62. The van der Waals surface area contributed by atoms with Crippen LogP contribution in [0.2, 0.25) is 0 Å². The largest absolute Gasteiger partial charge is 0.497 e. The van der Waals surface area contributed by atoms with Crippen LogP contribution in [0.5, 0.6) is 5.75 Å². The maximum absolute atomic E-state index is 5.49. The van der Waals surface area contributed by atoms with Crippen LogP contribution in [-0.4, -0.2) is 20.3 Å². The molecule has 2 heteroatoms. The molecule has 0 N–H and O–H groups in total. The zero-order chi connectivity index (χ0) is 10.8. The van der Waals surface area contributed by atoms with Gasteiger partial charge in [-0.1, -0.05) is 13.0 Å². The average molecular weight is 206 g/mol. The number of methoxy groups -OCH3 is 2. The molecule has 0 spiro atoms. The van der Waals surface area contributed by atoms with Gasteiger partial charge in [-0.05, 0) is 36.1 Å². The number of ether oxygens (including phenoxy) is 2. The van der Waals surface area contributed by atoms with Crippen molar-refractivity contribution in [1.29, 1.82) is 0 Å². The first-order valence-electron chi connectivity index (χ1n) is 5.46. The molecule has 2 rings (SSSR count). The van der Waals surface area contributed by atoms with E-state index in [0.29, 0.717) is 12.0 Å². The maximum Gasteiger partial charge on any atom is 0.119 e. The molecule has 82 valence electrons. The Kier molecular flexibility index (Phi) is 2.96. The smallest absolute Gasteiger partial charge is 0.119 e. The van der Waals surface area contributed by atoms with Gasteiger partial charge in [0, 0.05) is 13.0 Å². The lowest BCUT2D eigenvalue weighted by Crippen LogP contribution is -2.25. The predicted molar refractivity (Wildman–Crippen MR) is 60.5 cm³/mol. The molecule has 0 bridgehead atoms. The minimum atomic E-state index is 0.351. The van der Waals surface area contributed by atoms with Crippen LogP contribution in [-0.2, 0) is 11.2 Å². The predicted octanol–water partition coefficient (Wildman–Crippen LogP) is 2.76. The molecule has 0 heterocycles. The molecular formula is C13H18O2. The fourth-order valence-corrected chi connectivity index (χ4v) is 2.42. The quantitative estimate of drug-likeness (QED) is 0.740. The van der Waals surface area contributed by atoms with E-state index >= 15 is 0 Å². The Morgan fingerprint density at radius 2 is 2.07 bits per heavy atom. The van der Waals surface area contributed by atoms with Crippen molar-refractivity contribution in [3.05, 3.63) is 29.3 Å². The van der Waals surface area contributed by atoms with Gasteiger partial charge in [0.05, 0.1) is 13.2 Å². The van der Waals surface area contributed by atoms with Crippen LogP contribution in [0.25, 0.3) is 0 Å². The van der Waals surface area contributed by atoms with Crippen molar-refractivity contribution in [1.82, 2.24) is 0 Å². The second kappa shape index (κ2) is 4.23. The molecule has 0 radical (unpaired) electrons. The third-order valence-corrected chi connectivity index (χ3v) is 3.40. The molecule has 15 heavy (non-hydrogen) atoms. The maximum atomic E-state index is 5.49. The van der Waals surface area contributed by atoms with Crippen LogP contribution < -0.4 is 4.74 Å². The van der Waals surface area contributed by atoms with Crippen LogP contribution in [0.1, 0.15) is 30.4 Å². The molecule has 0 saturated carbocycles. The van der Waals surface area contributed by atoms with E-state index < -0.39 is 0 Å². The second-order valence-electron chi connectivity index (χ2n) is 4.17. The summed E-state index contributed by atoms with van der Waals surface area (Å²) in [7, 11) is 3.51. The molecular weight excluding hydrogens is 188 g/mol. The van der Waals surface area contributed by atoms with E-state index in [-0.39, 0.29) is 0 Å². The van der Waals surface area contributed by atoms with Crippen LogP contribution in [0, 0.1) is 0 Å². The van der Waals surface area contributed by atoms with Crippen molar-refractivity contribution in [2.24, 2.45) is 0 Å². The topological polar surface area (TPSA) is 18.5 Å². The highest BCUT2D eigenvalue weighted by molar-refractivity contribution is 5.40. The summed E-state index contributed by atoms with van der Waals surface area (Å²) in [5, 5.41) is 0. The lowest BCUT2D eigenvalue weighted by molar-refractivity contribution is 0.0711. The van der Waals surface area contributed by atoms with Crippen molar-refractivity contribution in [3.8, 4) is 5.75 Å². The highest BCUT2D eigenvalue weighted by Gasteiger charge is 2.26. The summed E-state index contributed by atoms with van der Waals surface area (Å²) in [6, 6.07) is 6.36. The summed E-state index contributed by atoms with van der Waals surface area (Å²) in [6.07, 6.45) is 2.59. The molecule has 1 aliphatic carbocycles. The molecule has 1 aromatic carbocycles. The summed E-state index contributed by atoms with van der Waals surface area (Å²) in [5.74, 6) is 1.41. The number of benzene rings is 1. The van der Waals surface area contributed by atoms with Gasteiger partial charge < -0.3 is 9.47 Å². The van der Waals surface area contributed by atoms with Crippen molar-refractivity contribution in [3.63, 3.8) is 0 Å². The van der Waals surface area contributed by atoms with E-state index in [2.05, 4.69) is 19.1 Å². The van der Waals surface area contributed by atoms with Crippen molar-refractivity contribution < 1.29 is 9.47 Å². The van der Waals surface area contributed by atoms with E-state index in [1.807, 2.05) is 6.07 Å². The van der Waals surface area contributed by atoms with Gasteiger partial charge in [-0.15, -0.1) is 0 Å². The number of aryl methyl sites for hydroxylation is 1. The average Bonchev–Trinajstić information content (AvgIpc) is 2.29. The molecule has 0 saturated heterocycles. The molecule has 2 nitrogen and oxygen atoms in total. The Labute approximate surface area is 91.2 Å². The number of hydrogen-bond donors (Lipinski definition) is 0. The lowest BCUT2D eigenvalue weighted by atomic mass is 9.82. The van der Waals surface area contributed by atoms with Gasteiger partial charge in [-0.25, -0.2) is 0 Å². The zero-order valence-corrected chi connectivity index (χ0v) is 9.62. The van der Waals surface area contributed by atoms with Gasteiger partial charge in [-0.3, -0.25) is 0 Å². The van der Waals surface area contributed by atoms with Gasteiger partial charge in [0.1, 0.15) is 5.75 Å². The lowest BCUT2D eigenvalue weighted by Gasteiger charge is -2.30. The highest BCUT2D eigenvalue weighted by atomic mass is 16.5. The first kappa shape index (κ1) is 10.5. The summed E-state index contributed by atoms with van der Waals surface area (Å²) in [4.78, 5) is 0. The van der Waals surface area contributed by atoms with Crippen molar-refractivity contribution in [2.45, 2.75) is 31.8 Å². The number of hydrogen-bond acceptors (Lipinski definition) is 2. The van der Waals surface area contributed by atoms with E-state index in [1.165, 1.54) is 11.1 Å². The summed E-state index contributed by atoms with van der Waals surface area (Å²) >= 11 is 0. The van der Waals surface area contributed by atoms with Crippen molar-refractivity contribution >= 4 is 0 Å². The molecule has 1 aliphatic rings. The highest BCUT2D eigenvalue weighted by Crippen LogP contribution is 2.35. The van der Waals surface area contributed by atoms with E-state index in [4.69, 9.17) is 9.47 Å². The number of rotatable bonds is 2. The minimum Gasteiger partial charge on any atom is -0.497 e. The van der Waals surface area contributed by atoms with Gasteiger partial charge in [0.25, 0.3) is 0 Å². The van der Waals surface area contributed by atoms with Crippen LogP contribution in [0.3, 0.4) is 0 Å². The van der Waals surface area contributed by atoms with Crippen LogP contribution in [0.15, 0.2) is 18.2 Å². The first-order chi connectivity index (χ1) is 7.26. The van der Waals surface area contributed by atoms with Gasteiger partial charge in [0.15, 0.2) is 0 Å².